The second-order valence-electron chi connectivity index (χ2n) is 4.87. The summed E-state index contributed by atoms with van der Waals surface area (Å²) in [5.41, 5.74) is 6.81. The molecule has 0 unspecified atom stereocenters. The maximum atomic E-state index is 5.53. The highest BCUT2D eigenvalue weighted by atomic mass is 16.5. The SMILES string of the molecule is CC.CC(C)(C)CCOc1ccc(CN)cn1. The molecule has 1 aromatic rings. The molecular weight excluding hydrogens is 212 g/mol. The van der Waals surface area contributed by atoms with Crippen LogP contribution >= 0.6 is 0 Å². The zero-order valence-corrected chi connectivity index (χ0v) is 11.8. The molecule has 3 heteroatoms. The number of ether oxygens (including phenoxy) is 1. The zero-order valence-electron chi connectivity index (χ0n) is 11.8. The highest BCUT2D eigenvalue weighted by Crippen LogP contribution is 2.18. The average molecular weight is 238 g/mol. The van der Waals surface area contributed by atoms with Crippen molar-refractivity contribution in [1.29, 1.82) is 0 Å². The quantitative estimate of drug-likeness (QED) is 0.874. The molecule has 0 aliphatic carbocycles. The molecule has 0 saturated heterocycles. The van der Waals surface area contributed by atoms with Crippen LogP contribution in [0.5, 0.6) is 5.88 Å². The van der Waals surface area contributed by atoms with E-state index in [0.717, 1.165) is 12.0 Å². The number of nitrogens with zero attached hydrogens (tertiary/aromatic N) is 1. The van der Waals surface area contributed by atoms with Gasteiger partial charge in [0, 0.05) is 18.8 Å². The predicted molar refractivity (Wildman–Crippen MR) is 73.0 cm³/mol. The van der Waals surface area contributed by atoms with Gasteiger partial charge in [-0.25, -0.2) is 4.98 Å². The third-order valence-corrected chi connectivity index (χ3v) is 2.14. The topological polar surface area (TPSA) is 48.1 Å². The lowest BCUT2D eigenvalue weighted by Crippen LogP contribution is -2.11. The molecule has 17 heavy (non-hydrogen) atoms. The van der Waals surface area contributed by atoms with Gasteiger partial charge >= 0.3 is 0 Å². The van der Waals surface area contributed by atoms with Crippen LogP contribution in [0.4, 0.5) is 0 Å². The Morgan fingerprint density at radius 1 is 1.24 bits per heavy atom. The van der Waals surface area contributed by atoms with Gasteiger partial charge in [-0.05, 0) is 17.4 Å². The van der Waals surface area contributed by atoms with E-state index in [-0.39, 0.29) is 0 Å². The second-order valence-corrected chi connectivity index (χ2v) is 4.87. The van der Waals surface area contributed by atoms with Gasteiger partial charge in [0.25, 0.3) is 0 Å². The minimum absolute atomic E-state index is 0.303. The van der Waals surface area contributed by atoms with Crippen LogP contribution in [0, 0.1) is 5.41 Å². The van der Waals surface area contributed by atoms with Crippen molar-refractivity contribution in [3.63, 3.8) is 0 Å². The molecule has 0 aliphatic heterocycles. The summed E-state index contributed by atoms with van der Waals surface area (Å²) in [6, 6.07) is 3.81. The van der Waals surface area contributed by atoms with Gasteiger partial charge in [0.2, 0.25) is 5.88 Å². The minimum Gasteiger partial charge on any atom is -0.478 e. The lowest BCUT2D eigenvalue weighted by molar-refractivity contribution is 0.236. The van der Waals surface area contributed by atoms with E-state index in [2.05, 4.69) is 25.8 Å². The average Bonchev–Trinajstić information content (AvgIpc) is 2.31. The van der Waals surface area contributed by atoms with E-state index < -0.39 is 0 Å². The van der Waals surface area contributed by atoms with Crippen LogP contribution in [0.25, 0.3) is 0 Å². The van der Waals surface area contributed by atoms with Gasteiger partial charge in [-0.2, -0.15) is 0 Å². The summed E-state index contributed by atoms with van der Waals surface area (Å²) in [5.74, 6) is 0.677. The fourth-order valence-electron chi connectivity index (χ4n) is 1.08. The van der Waals surface area contributed by atoms with Crippen molar-refractivity contribution in [2.24, 2.45) is 11.1 Å². The Morgan fingerprint density at radius 3 is 2.29 bits per heavy atom. The van der Waals surface area contributed by atoms with Crippen LogP contribution in [0.3, 0.4) is 0 Å². The van der Waals surface area contributed by atoms with Gasteiger partial charge in [0.15, 0.2) is 0 Å². The molecule has 1 rings (SSSR count). The molecule has 0 radical (unpaired) electrons. The molecule has 0 spiro atoms. The first-order valence-corrected chi connectivity index (χ1v) is 6.29. The highest BCUT2D eigenvalue weighted by Gasteiger charge is 2.09. The standard InChI is InChI=1S/C12H20N2O.C2H6/c1-12(2,3)6-7-15-11-5-4-10(8-13)9-14-11;1-2/h4-5,9H,6-8,13H2,1-3H3;1-2H3. The number of aromatic nitrogens is 1. The van der Waals surface area contributed by atoms with E-state index in [4.69, 9.17) is 10.5 Å². The van der Waals surface area contributed by atoms with E-state index in [0.29, 0.717) is 24.4 Å². The van der Waals surface area contributed by atoms with Crippen LogP contribution in [0.15, 0.2) is 18.3 Å². The molecule has 0 aromatic carbocycles. The van der Waals surface area contributed by atoms with Crippen LogP contribution in [-0.2, 0) is 6.54 Å². The summed E-state index contributed by atoms with van der Waals surface area (Å²) in [6.45, 7) is 11.8. The summed E-state index contributed by atoms with van der Waals surface area (Å²) in [7, 11) is 0. The Morgan fingerprint density at radius 2 is 1.88 bits per heavy atom. The van der Waals surface area contributed by atoms with Crippen LogP contribution in [-0.4, -0.2) is 11.6 Å². The second kappa shape index (κ2) is 8.07. The predicted octanol–water partition coefficient (Wildman–Crippen LogP) is 3.38. The Labute approximate surface area is 105 Å². The van der Waals surface area contributed by atoms with E-state index in [1.165, 1.54) is 0 Å². The summed E-state index contributed by atoms with van der Waals surface area (Å²) in [4.78, 5) is 4.17. The van der Waals surface area contributed by atoms with Crippen molar-refractivity contribution in [3.8, 4) is 5.88 Å². The number of hydrogen-bond acceptors (Lipinski definition) is 3. The highest BCUT2D eigenvalue weighted by molar-refractivity contribution is 5.17. The van der Waals surface area contributed by atoms with Crippen LogP contribution in [0.2, 0.25) is 0 Å². The molecule has 98 valence electrons. The lowest BCUT2D eigenvalue weighted by Gasteiger charge is -2.17. The monoisotopic (exact) mass is 238 g/mol. The Hall–Kier alpha value is -1.09. The number of rotatable bonds is 4. The molecule has 0 amide bonds. The van der Waals surface area contributed by atoms with Crippen molar-refractivity contribution in [3.05, 3.63) is 23.9 Å². The van der Waals surface area contributed by atoms with E-state index in [1.54, 1.807) is 6.20 Å². The largest absolute Gasteiger partial charge is 0.478 e. The minimum atomic E-state index is 0.303. The van der Waals surface area contributed by atoms with Gasteiger partial charge < -0.3 is 10.5 Å². The van der Waals surface area contributed by atoms with Crippen molar-refractivity contribution < 1.29 is 4.74 Å². The molecule has 0 fully saturated rings. The van der Waals surface area contributed by atoms with Gasteiger partial charge in [0.05, 0.1) is 6.61 Å². The Bertz CT molecular complexity index is 288. The molecule has 3 nitrogen and oxygen atoms in total. The molecular formula is C14H26N2O. The summed E-state index contributed by atoms with van der Waals surface area (Å²) >= 11 is 0. The van der Waals surface area contributed by atoms with E-state index >= 15 is 0 Å². The number of nitrogens with two attached hydrogens (primary N) is 1. The van der Waals surface area contributed by atoms with Crippen molar-refractivity contribution in [2.75, 3.05) is 6.61 Å². The van der Waals surface area contributed by atoms with Crippen LogP contribution < -0.4 is 10.5 Å². The zero-order chi connectivity index (χ0) is 13.3. The Kier molecular flexibility index (Phi) is 7.55. The summed E-state index contributed by atoms with van der Waals surface area (Å²) in [5, 5.41) is 0. The fourth-order valence-corrected chi connectivity index (χ4v) is 1.08. The lowest BCUT2D eigenvalue weighted by atomic mass is 9.93. The van der Waals surface area contributed by atoms with Crippen molar-refractivity contribution >= 4 is 0 Å². The number of hydrogen-bond donors (Lipinski definition) is 1. The van der Waals surface area contributed by atoms with Crippen molar-refractivity contribution in [2.45, 2.75) is 47.6 Å². The summed E-state index contributed by atoms with van der Waals surface area (Å²) < 4.78 is 5.53. The third kappa shape index (κ3) is 7.75. The first-order chi connectivity index (χ1) is 8.01. The summed E-state index contributed by atoms with van der Waals surface area (Å²) in [6.07, 6.45) is 2.78. The smallest absolute Gasteiger partial charge is 0.213 e. The maximum Gasteiger partial charge on any atom is 0.213 e. The van der Waals surface area contributed by atoms with Gasteiger partial charge in [-0.3, -0.25) is 0 Å². The van der Waals surface area contributed by atoms with Gasteiger partial charge in [-0.1, -0.05) is 40.7 Å². The van der Waals surface area contributed by atoms with Crippen molar-refractivity contribution in [1.82, 2.24) is 4.98 Å². The maximum absolute atomic E-state index is 5.53. The third-order valence-electron chi connectivity index (χ3n) is 2.14. The molecule has 1 aromatic heterocycles. The van der Waals surface area contributed by atoms with E-state index in [9.17, 15) is 0 Å². The molecule has 0 bridgehead atoms. The van der Waals surface area contributed by atoms with Gasteiger partial charge in [0.1, 0.15) is 0 Å². The molecule has 2 N–H and O–H groups in total. The molecule has 0 saturated carbocycles. The molecule has 0 atom stereocenters. The van der Waals surface area contributed by atoms with Gasteiger partial charge in [-0.15, -0.1) is 0 Å². The Balaban J connectivity index is 0.00000121. The first kappa shape index (κ1) is 15.9. The van der Waals surface area contributed by atoms with E-state index in [1.807, 2.05) is 26.0 Å². The number of pyridine rings is 1. The first-order valence-electron chi connectivity index (χ1n) is 6.29. The normalized spacial score (nSPS) is 10.5. The molecule has 1 heterocycles. The van der Waals surface area contributed by atoms with Crippen LogP contribution in [0.1, 0.15) is 46.6 Å². The molecule has 0 aliphatic rings. The fraction of sp³-hybridized carbons (Fsp3) is 0.643.